The normalized spacial score (nSPS) is 13.7. The van der Waals surface area contributed by atoms with Crippen molar-refractivity contribution in [1.29, 1.82) is 0 Å². The number of halogens is 2. The molecule has 0 unspecified atom stereocenters. The van der Waals surface area contributed by atoms with Gasteiger partial charge in [-0.05, 0) is 68.1 Å². The molecule has 0 aliphatic carbocycles. The van der Waals surface area contributed by atoms with E-state index in [1.807, 2.05) is 20.8 Å². The van der Waals surface area contributed by atoms with Crippen LogP contribution in [0.3, 0.4) is 0 Å². The van der Waals surface area contributed by atoms with Crippen molar-refractivity contribution in [2.45, 2.75) is 37.8 Å². The monoisotopic (exact) mass is 696 g/mol. The van der Waals surface area contributed by atoms with E-state index in [1.165, 1.54) is 18.2 Å². The number of carbonyl (C=O) groups is 3. The average Bonchev–Trinajstić information content (AvgIpc) is 3.02. The molecule has 2 N–H and O–H groups in total. The molecule has 246 valence electrons. The predicted octanol–water partition coefficient (Wildman–Crippen LogP) is 6.57. The van der Waals surface area contributed by atoms with Crippen molar-refractivity contribution in [3.8, 4) is 0 Å². The molecule has 10 nitrogen and oxygen atoms in total. The first-order chi connectivity index (χ1) is 22.2. The number of amides is 3. The van der Waals surface area contributed by atoms with Gasteiger partial charge in [0.25, 0.3) is 21.8 Å². The van der Waals surface area contributed by atoms with E-state index in [1.54, 1.807) is 70.5 Å². The number of anilines is 1. The van der Waals surface area contributed by atoms with E-state index in [0.29, 0.717) is 53.6 Å². The minimum absolute atomic E-state index is 0.0802. The molecule has 1 saturated heterocycles. The molecule has 1 aliphatic rings. The molecule has 0 aromatic heterocycles. The van der Waals surface area contributed by atoms with Gasteiger partial charge in [-0.3, -0.25) is 14.3 Å². The van der Waals surface area contributed by atoms with Crippen LogP contribution in [0.15, 0.2) is 83.8 Å². The van der Waals surface area contributed by atoms with Crippen molar-refractivity contribution >= 4 is 67.6 Å². The van der Waals surface area contributed by atoms with Crippen LogP contribution in [0.1, 0.15) is 47.1 Å². The fourth-order valence-electron chi connectivity index (χ4n) is 5.23. The van der Waals surface area contributed by atoms with Crippen molar-refractivity contribution in [2.24, 2.45) is 0 Å². The number of hydrogen-bond acceptors (Lipinski definition) is 6. The molecule has 1 aliphatic heterocycles. The third kappa shape index (κ3) is 8.16. The van der Waals surface area contributed by atoms with Crippen molar-refractivity contribution < 1.29 is 27.5 Å². The Balaban J connectivity index is 1.29. The van der Waals surface area contributed by atoms with Gasteiger partial charge in [0.15, 0.2) is 0 Å². The van der Waals surface area contributed by atoms with Gasteiger partial charge in [-0.2, -0.15) is 0 Å². The number of hydrogen-bond donors (Lipinski definition) is 2. The van der Waals surface area contributed by atoms with E-state index in [2.05, 4.69) is 10.0 Å². The van der Waals surface area contributed by atoms with Crippen molar-refractivity contribution in [3.05, 3.63) is 106 Å². The quantitative estimate of drug-likeness (QED) is 0.225. The molecular formula is C34H34Cl2N4O6S. The maximum Gasteiger partial charge on any atom is 0.410 e. The van der Waals surface area contributed by atoms with Gasteiger partial charge in [-0.15, -0.1) is 0 Å². The summed E-state index contributed by atoms with van der Waals surface area (Å²) in [5.41, 5.74) is 1.09. The van der Waals surface area contributed by atoms with Crippen LogP contribution in [-0.2, 0) is 21.3 Å². The van der Waals surface area contributed by atoms with E-state index in [-0.39, 0.29) is 33.1 Å². The van der Waals surface area contributed by atoms with Crippen LogP contribution in [0.2, 0.25) is 10.0 Å². The van der Waals surface area contributed by atoms with Crippen LogP contribution in [-0.4, -0.2) is 67.9 Å². The standard InChI is InChI=1S/C34H34Cl2N4O6S/c1-34(2,3)46-33(43)40-16-14-39(15-17-40)32(42)26-9-5-4-8-22(26)21-37-31(41)29-12-6-11-28-27(29)10-7-13-30(28)38-47(44,45)25-19-23(35)18-24(36)20-25/h4-13,18-20,38H,14-17,21H2,1-3H3,(H,37,41). The Morgan fingerprint density at radius 3 is 2.06 bits per heavy atom. The number of benzene rings is 4. The van der Waals surface area contributed by atoms with E-state index >= 15 is 0 Å². The maximum atomic E-state index is 13.5. The highest BCUT2D eigenvalue weighted by molar-refractivity contribution is 7.92. The molecule has 13 heteroatoms. The Hall–Kier alpha value is -4.32. The van der Waals surface area contributed by atoms with E-state index in [0.717, 1.165) is 0 Å². The summed E-state index contributed by atoms with van der Waals surface area (Å²) in [4.78, 5) is 42.6. The second-order valence-corrected chi connectivity index (χ2v) is 14.6. The second-order valence-electron chi connectivity index (χ2n) is 12.0. The van der Waals surface area contributed by atoms with Crippen LogP contribution in [0.4, 0.5) is 10.5 Å². The van der Waals surface area contributed by atoms with Gasteiger partial charge < -0.3 is 19.9 Å². The van der Waals surface area contributed by atoms with Gasteiger partial charge in [-0.1, -0.05) is 65.7 Å². The number of nitrogens with zero attached hydrogens (tertiary/aromatic N) is 2. The molecule has 4 aromatic rings. The highest BCUT2D eigenvalue weighted by atomic mass is 35.5. The molecule has 0 saturated carbocycles. The fourth-order valence-corrected chi connectivity index (χ4v) is 7.03. The molecule has 0 radical (unpaired) electrons. The molecule has 0 spiro atoms. The molecule has 0 atom stereocenters. The number of piperazine rings is 1. The van der Waals surface area contributed by atoms with Crippen LogP contribution in [0.25, 0.3) is 10.8 Å². The summed E-state index contributed by atoms with van der Waals surface area (Å²) in [5, 5.41) is 4.31. The van der Waals surface area contributed by atoms with Crippen LogP contribution >= 0.6 is 23.2 Å². The summed E-state index contributed by atoms with van der Waals surface area (Å²) < 4.78 is 34.4. The Kier molecular flexibility index (Phi) is 10.00. The Bertz CT molecular complexity index is 1930. The summed E-state index contributed by atoms with van der Waals surface area (Å²) in [6, 6.07) is 21.1. The first-order valence-electron chi connectivity index (χ1n) is 14.9. The lowest BCUT2D eigenvalue weighted by Gasteiger charge is -2.35. The molecule has 47 heavy (non-hydrogen) atoms. The number of sulfonamides is 1. The molecule has 3 amide bonds. The predicted molar refractivity (Wildman–Crippen MR) is 183 cm³/mol. The van der Waals surface area contributed by atoms with Crippen LogP contribution in [0, 0.1) is 0 Å². The summed E-state index contributed by atoms with van der Waals surface area (Å²) in [6.07, 6.45) is -0.406. The van der Waals surface area contributed by atoms with Crippen molar-refractivity contribution in [2.75, 3.05) is 30.9 Å². The second kappa shape index (κ2) is 13.8. The van der Waals surface area contributed by atoms with Gasteiger partial charge in [0.2, 0.25) is 0 Å². The zero-order chi connectivity index (χ0) is 33.9. The van der Waals surface area contributed by atoms with Gasteiger partial charge in [0.1, 0.15) is 5.60 Å². The lowest BCUT2D eigenvalue weighted by atomic mass is 10.0. The summed E-state index contributed by atoms with van der Waals surface area (Å²) in [6.45, 7) is 6.92. The molecule has 1 fully saturated rings. The van der Waals surface area contributed by atoms with Gasteiger partial charge >= 0.3 is 6.09 Å². The smallest absolute Gasteiger partial charge is 0.410 e. The highest BCUT2D eigenvalue weighted by Gasteiger charge is 2.29. The number of rotatable bonds is 7. The van der Waals surface area contributed by atoms with Gasteiger partial charge in [0.05, 0.1) is 10.6 Å². The topological polar surface area (TPSA) is 125 Å². The van der Waals surface area contributed by atoms with Gasteiger partial charge in [0, 0.05) is 59.3 Å². The summed E-state index contributed by atoms with van der Waals surface area (Å²) in [5.74, 6) is -0.591. The lowest BCUT2D eigenvalue weighted by Crippen LogP contribution is -2.51. The number of nitrogens with one attached hydrogen (secondary N) is 2. The Morgan fingerprint density at radius 1 is 0.787 bits per heavy atom. The van der Waals surface area contributed by atoms with Crippen LogP contribution in [0.5, 0.6) is 0 Å². The minimum atomic E-state index is -4.05. The maximum absolute atomic E-state index is 13.5. The average molecular weight is 698 g/mol. The third-order valence-corrected chi connectivity index (χ3v) is 9.24. The molecule has 5 rings (SSSR count). The zero-order valence-corrected chi connectivity index (χ0v) is 28.4. The molecule has 1 heterocycles. The third-order valence-electron chi connectivity index (χ3n) is 7.46. The SMILES string of the molecule is CC(C)(C)OC(=O)N1CCN(C(=O)c2ccccc2CNC(=O)c2cccc3c(NS(=O)(=O)c4cc(Cl)cc(Cl)c4)cccc23)CC1. The molecule has 0 bridgehead atoms. The van der Waals surface area contributed by atoms with E-state index in [4.69, 9.17) is 27.9 Å². The summed E-state index contributed by atoms with van der Waals surface area (Å²) in [7, 11) is -4.05. The number of carbonyl (C=O) groups excluding carboxylic acids is 3. The molecule has 4 aromatic carbocycles. The number of ether oxygens (including phenoxy) is 1. The molecular weight excluding hydrogens is 663 g/mol. The van der Waals surface area contributed by atoms with Crippen LogP contribution < -0.4 is 10.0 Å². The largest absolute Gasteiger partial charge is 0.444 e. The highest BCUT2D eigenvalue weighted by Crippen LogP contribution is 2.30. The van der Waals surface area contributed by atoms with Crippen molar-refractivity contribution in [1.82, 2.24) is 15.1 Å². The fraction of sp³-hybridized carbons (Fsp3) is 0.265. The van der Waals surface area contributed by atoms with Gasteiger partial charge in [-0.25, -0.2) is 13.2 Å². The van der Waals surface area contributed by atoms with Crippen molar-refractivity contribution in [3.63, 3.8) is 0 Å². The summed E-state index contributed by atoms with van der Waals surface area (Å²) >= 11 is 12.0. The lowest BCUT2D eigenvalue weighted by molar-refractivity contribution is 0.0140. The van der Waals surface area contributed by atoms with E-state index in [9.17, 15) is 22.8 Å². The Morgan fingerprint density at radius 2 is 1.38 bits per heavy atom. The minimum Gasteiger partial charge on any atom is -0.444 e. The first-order valence-corrected chi connectivity index (χ1v) is 17.1. The van der Waals surface area contributed by atoms with E-state index < -0.39 is 27.6 Å². The Labute approximate surface area is 283 Å². The zero-order valence-electron chi connectivity index (χ0n) is 26.0. The number of fused-ring (bicyclic) bond motifs is 1. The first kappa shape index (κ1) is 34.0.